The average molecular weight is 381 g/mol. The largest absolute Gasteiger partial charge is 0.494 e. The van der Waals surface area contributed by atoms with Crippen molar-refractivity contribution in [3.63, 3.8) is 0 Å². The van der Waals surface area contributed by atoms with Gasteiger partial charge in [-0.25, -0.2) is 12.8 Å². The second kappa shape index (κ2) is 8.09. The number of rotatable bonds is 8. The zero-order valence-corrected chi connectivity index (χ0v) is 15.5. The highest BCUT2D eigenvalue weighted by molar-refractivity contribution is 7.92. The van der Waals surface area contributed by atoms with Crippen LogP contribution in [0.1, 0.15) is 0 Å². The maximum absolute atomic E-state index is 14.0. The van der Waals surface area contributed by atoms with Crippen LogP contribution in [-0.4, -0.2) is 36.3 Å². The lowest BCUT2D eigenvalue weighted by molar-refractivity contribution is 0.355. The summed E-state index contributed by atoms with van der Waals surface area (Å²) in [7, 11) is 0.201. The van der Waals surface area contributed by atoms with Gasteiger partial charge in [0.1, 0.15) is 0 Å². The van der Waals surface area contributed by atoms with Crippen LogP contribution >= 0.6 is 0 Å². The highest BCUT2D eigenvalue weighted by atomic mass is 32.2. The van der Waals surface area contributed by atoms with E-state index in [0.717, 1.165) is 10.4 Å². The molecule has 0 spiro atoms. The standard InChI is InChI=1S/C18H20FNO5S/c1-5-10-20(13-6-8-17(24-3)18(11-13)25-4)26(21,22)14-7-9-16(23-2)15(19)12-14/h5-9,11-12H,1,10H2,2-4H3. The first-order valence-corrected chi connectivity index (χ1v) is 9.02. The number of methoxy groups -OCH3 is 3. The highest BCUT2D eigenvalue weighted by Gasteiger charge is 2.26. The minimum Gasteiger partial charge on any atom is -0.494 e. The predicted octanol–water partition coefficient (Wildman–Crippen LogP) is 3.23. The van der Waals surface area contributed by atoms with Crippen LogP contribution in [0, 0.1) is 5.82 Å². The molecular weight excluding hydrogens is 361 g/mol. The maximum atomic E-state index is 14.0. The topological polar surface area (TPSA) is 65.1 Å². The molecule has 0 unspecified atom stereocenters. The molecule has 0 N–H and O–H groups in total. The van der Waals surface area contributed by atoms with E-state index in [1.165, 1.54) is 45.6 Å². The van der Waals surface area contributed by atoms with Gasteiger partial charge in [0.2, 0.25) is 0 Å². The third-order valence-electron chi connectivity index (χ3n) is 3.66. The maximum Gasteiger partial charge on any atom is 0.264 e. The molecule has 8 heteroatoms. The summed E-state index contributed by atoms with van der Waals surface area (Å²) in [6.45, 7) is 3.59. The predicted molar refractivity (Wildman–Crippen MR) is 97.2 cm³/mol. The third-order valence-corrected chi connectivity index (χ3v) is 5.45. The van der Waals surface area contributed by atoms with Crippen molar-refractivity contribution in [2.45, 2.75) is 4.90 Å². The average Bonchev–Trinajstić information content (AvgIpc) is 2.65. The van der Waals surface area contributed by atoms with Gasteiger partial charge in [0.05, 0.1) is 38.5 Å². The zero-order chi connectivity index (χ0) is 19.3. The summed E-state index contributed by atoms with van der Waals surface area (Å²) < 4.78 is 56.4. The monoisotopic (exact) mass is 381 g/mol. The number of nitrogens with zero attached hydrogens (tertiary/aromatic N) is 1. The van der Waals surface area contributed by atoms with Crippen LogP contribution in [0.4, 0.5) is 10.1 Å². The Morgan fingerprint density at radius 2 is 1.62 bits per heavy atom. The molecule has 2 aromatic rings. The van der Waals surface area contributed by atoms with Crippen LogP contribution in [0.15, 0.2) is 53.9 Å². The molecule has 0 saturated heterocycles. The van der Waals surface area contributed by atoms with E-state index in [0.29, 0.717) is 17.2 Å². The van der Waals surface area contributed by atoms with Crippen LogP contribution < -0.4 is 18.5 Å². The van der Waals surface area contributed by atoms with Gasteiger partial charge in [-0.05, 0) is 30.3 Å². The Balaban J connectivity index is 2.55. The van der Waals surface area contributed by atoms with Crippen molar-refractivity contribution in [1.82, 2.24) is 0 Å². The Hall–Kier alpha value is -2.74. The number of hydrogen-bond donors (Lipinski definition) is 0. The molecule has 0 saturated carbocycles. The summed E-state index contributed by atoms with van der Waals surface area (Å²) in [6, 6.07) is 8.17. The van der Waals surface area contributed by atoms with Crippen molar-refractivity contribution in [3.8, 4) is 17.2 Å². The first kappa shape index (κ1) is 19.6. The van der Waals surface area contributed by atoms with Gasteiger partial charge in [0.25, 0.3) is 10.0 Å². The van der Waals surface area contributed by atoms with Gasteiger partial charge in [0.15, 0.2) is 23.1 Å². The number of halogens is 1. The summed E-state index contributed by atoms with van der Waals surface area (Å²) in [6.07, 6.45) is 1.44. The number of hydrogen-bond acceptors (Lipinski definition) is 5. The molecule has 0 atom stereocenters. The molecule has 6 nitrogen and oxygen atoms in total. The van der Waals surface area contributed by atoms with E-state index in [-0.39, 0.29) is 17.2 Å². The van der Waals surface area contributed by atoms with Crippen molar-refractivity contribution in [1.29, 1.82) is 0 Å². The van der Waals surface area contributed by atoms with Gasteiger partial charge in [0, 0.05) is 6.07 Å². The Bertz CT molecular complexity index is 898. The molecule has 26 heavy (non-hydrogen) atoms. The van der Waals surface area contributed by atoms with Gasteiger partial charge in [-0.1, -0.05) is 6.08 Å². The van der Waals surface area contributed by atoms with Crippen molar-refractivity contribution in [3.05, 3.63) is 54.9 Å². The van der Waals surface area contributed by atoms with Crippen LogP contribution in [0.25, 0.3) is 0 Å². The lowest BCUT2D eigenvalue weighted by atomic mass is 10.2. The molecule has 0 aliphatic heterocycles. The molecule has 0 aliphatic carbocycles. The molecule has 2 aromatic carbocycles. The van der Waals surface area contributed by atoms with Gasteiger partial charge in [-0.2, -0.15) is 0 Å². The molecule has 0 fully saturated rings. The van der Waals surface area contributed by atoms with Crippen LogP contribution in [-0.2, 0) is 10.0 Å². The molecule has 2 rings (SSSR count). The molecule has 140 valence electrons. The number of anilines is 1. The van der Waals surface area contributed by atoms with Crippen molar-refractivity contribution >= 4 is 15.7 Å². The smallest absolute Gasteiger partial charge is 0.264 e. The summed E-state index contributed by atoms with van der Waals surface area (Å²) >= 11 is 0. The first-order chi connectivity index (χ1) is 12.4. The van der Waals surface area contributed by atoms with Crippen LogP contribution in [0.3, 0.4) is 0 Å². The summed E-state index contributed by atoms with van der Waals surface area (Å²) in [5.41, 5.74) is 0.332. The zero-order valence-electron chi connectivity index (χ0n) is 14.7. The molecule has 0 heterocycles. The first-order valence-electron chi connectivity index (χ1n) is 7.58. The Kier molecular flexibility index (Phi) is 6.10. The summed E-state index contributed by atoms with van der Waals surface area (Å²) in [5.74, 6) is 0.0302. The fraction of sp³-hybridized carbons (Fsp3) is 0.222. The summed E-state index contributed by atoms with van der Waals surface area (Å²) in [4.78, 5) is -0.201. The molecule has 0 amide bonds. The highest BCUT2D eigenvalue weighted by Crippen LogP contribution is 2.34. The Morgan fingerprint density at radius 3 is 2.15 bits per heavy atom. The van der Waals surface area contributed by atoms with E-state index in [1.807, 2.05) is 0 Å². The number of benzene rings is 2. The van der Waals surface area contributed by atoms with E-state index < -0.39 is 15.8 Å². The van der Waals surface area contributed by atoms with Crippen LogP contribution in [0.5, 0.6) is 17.2 Å². The fourth-order valence-electron chi connectivity index (χ4n) is 2.37. The van der Waals surface area contributed by atoms with E-state index in [9.17, 15) is 12.8 Å². The fourth-order valence-corrected chi connectivity index (χ4v) is 3.81. The number of ether oxygens (including phenoxy) is 3. The normalized spacial score (nSPS) is 10.9. The van der Waals surface area contributed by atoms with Crippen LogP contribution in [0.2, 0.25) is 0 Å². The second-order valence-electron chi connectivity index (χ2n) is 5.16. The van der Waals surface area contributed by atoms with Gasteiger partial charge < -0.3 is 14.2 Å². The Morgan fingerprint density at radius 1 is 1.00 bits per heavy atom. The molecule has 0 aliphatic rings. The second-order valence-corrected chi connectivity index (χ2v) is 7.02. The third kappa shape index (κ3) is 3.75. The number of sulfonamides is 1. The van der Waals surface area contributed by atoms with Crippen molar-refractivity contribution in [2.75, 3.05) is 32.2 Å². The minimum absolute atomic E-state index is 0.00847. The van der Waals surface area contributed by atoms with E-state index >= 15 is 0 Å². The quantitative estimate of drug-likeness (QED) is 0.657. The minimum atomic E-state index is -4.04. The van der Waals surface area contributed by atoms with Gasteiger partial charge in [-0.3, -0.25) is 4.31 Å². The molecular formula is C18H20FNO5S. The van der Waals surface area contributed by atoms with E-state index in [2.05, 4.69) is 6.58 Å². The molecule has 0 aromatic heterocycles. The van der Waals surface area contributed by atoms with Crippen molar-refractivity contribution < 1.29 is 27.0 Å². The SMILES string of the molecule is C=CCN(c1ccc(OC)c(OC)c1)S(=O)(=O)c1ccc(OC)c(F)c1. The van der Waals surface area contributed by atoms with E-state index in [4.69, 9.17) is 14.2 Å². The van der Waals surface area contributed by atoms with E-state index in [1.54, 1.807) is 12.1 Å². The lowest BCUT2D eigenvalue weighted by Crippen LogP contribution is -2.31. The van der Waals surface area contributed by atoms with Gasteiger partial charge in [-0.15, -0.1) is 6.58 Å². The summed E-state index contributed by atoms with van der Waals surface area (Å²) in [5, 5.41) is 0. The lowest BCUT2D eigenvalue weighted by Gasteiger charge is -2.24. The molecule has 0 radical (unpaired) electrons. The van der Waals surface area contributed by atoms with Crippen molar-refractivity contribution in [2.24, 2.45) is 0 Å². The Labute approximate surface area is 152 Å². The molecule has 0 bridgehead atoms. The van der Waals surface area contributed by atoms with Gasteiger partial charge >= 0.3 is 0 Å².